The number of sulfonamides is 1. The molecule has 5 nitrogen and oxygen atoms in total. The number of nitrogens with one attached hydrogen (secondary N) is 1. The van der Waals surface area contributed by atoms with Crippen molar-refractivity contribution in [1.82, 2.24) is 0 Å². The highest BCUT2D eigenvalue weighted by molar-refractivity contribution is 7.92. The first kappa shape index (κ1) is 17.4. The predicted octanol–water partition coefficient (Wildman–Crippen LogP) is 3.86. The number of hydrogen-bond donors (Lipinski definition) is 1. The van der Waals surface area contributed by atoms with Crippen LogP contribution in [-0.4, -0.2) is 22.1 Å². The Morgan fingerprint density at radius 2 is 1.83 bits per heavy atom. The van der Waals surface area contributed by atoms with Gasteiger partial charge in [0.25, 0.3) is 10.0 Å². The standard InChI is InChI=1S/C16H18ClNO4S/c1-4-22-15-8-6-12(10-13(15)17)23(19,20)18-14-9-11(2)5-7-16(14)21-3/h5-10,18H,4H2,1-3H3. The summed E-state index contributed by atoms with van der Waals surface area (Å²) in [6.07, 6.45) is 0. The molecule has 0 radical (unpaired) electrons. The smallest absolute Gasteiger partial charge is 0.262 e. The van der Waals surface area contributed by atoms with Gasteiger partial charge in [0, 0.05) is 0 Å². The van der Waals surface area contributed by atoms with Crippen molar-refractivity contribution < 1.29 is 17.9 Å². The minimum Gasteiger partial charge on any atom is -0.495 e. The number of methoxy groups -OCH3 is 1. The number of hydrogen-bond acceptors (Lipinski definition) is 4. The number of anilines is 1. The fraction of sp³-hybridized carbons (Fsp3) is 0.250. The topological polar surface area (TPSA) is 64.6 Å². The SMILES string of the molecule is CCOc1ccc(S(=O)(=O)Nc2cc(C)ccc2OC)cc1Cl. The molecule has 0 atom stereocenters. The van der Waals surface area contributed by atoms with Crippen molar-refractivity contribution in [2.45, 2.75) is 18.7 Å². The van der Waals surface area contributed by atoms with Crippen LogP contribution >= 0.6 is 11.6 Å². The molecule has 0 fully saturated rings. The largest absolute Gasteiger partial charge is 0.495 e. The maximum atomic E-state index is 12.5. The molecule has 0 bridgehead atoms. The van der Waals surface area contributed by atoms with Crippen molar-refractivity contribution in [2.75, 3.05) is 18.4 Å². The molecule has 0 heterocycles. The van der Waals surface area contributed by atoms with E-state index in [-0.39, 0.29) is 9.92 Å². The molecule has 0 amide bonds. The summed E-state index contributed by atoms with van der Waals surface area (Å²) < 4.78 is 38.1. The zero-order chi connectivity index (χ0) is 17.0. The second-order valence-corrected chi connectivity index (χ2v) is 6.92. The van der Waals surface area contributed by atoms with Gasteiger partial charge >= 0.3 is 0 Å². The lowest BCUT2D eigenvalue weighted by atomic mass is 10.2. The van der Waals surface area contributed by atoms with Gasteiger partial charge < -0.3 is 9.47 Å². The highest BCUT2D eigenvalue weighted by atomic mass is 35.5. The van der Waals surface area contributed by atoms with Gasteiger partial charge in [-0.15, -0.1) is 0 Å². The van der Waals surface area contributed by atoms with Gasteiger partial charge in [-0.1, -0.05) is 17.7 Å². The van der Waals surface area contributed by atoms with Crippen LogP contribution in [0.25, 0.3) is 0 Å². The molecule has 0 aromatic heterocycles. The van der Waals surface area contributed by atoms with Gasteiger partial charge in [-0.05, 0) is 49.7 Å². The molecule has 1 N–H and O–H groups in total. The summed E-state index contributed by atoms with van der Waals surface area (Å²) in [5.74, 6) is 0.887. The Balaban J connectivity index is 2.36. The van der Waals surface area contributed by atoms with Crippen LogP contribution in [0.1, 0.15) is 12.5 Å². The van der Waals surface area contributed by atoms with E-state index in [0.29, 0.717) is 23.8 Å². The molecule has 7 heteroatoms. The first-order valence-corrected chi connectivity index (χ1v) is 8.83. The average molecular weight is 356 g/mol. The Labute approximate surface area is 141 Å². The molecule has 0 aliphatic heterocycles. The summed E-state index contributed by atoms with van der Waals surface area (Å²) in [5, 5.41) is 0.242. The summed E-state index contributed by atoms with van der Waals surface area (Å²) in [6.45, 7) is 4.14. The Morgan fingerprint density at radius 1 is 1.13 bits per heavy atom. The molecule has 0 unspecified atom stereocenters. The zero-order valence-electron chi connectivity index (χ0n) is 13.1. The number of ether oxygens (including phenoxy) is 2. The van der Waals surface area contributed by atoms with Crippen molar-refractivity contribution in [3.8, 4) is 11.5 Å². The molecule has 0 aliphatic rings. The maximum Gasteiger partial charge on any atom is 0.262 e. The van der Waals surface area contributed by atoms with E-state index in [1.165, 1.54) is 25.3 Å². The number of halogens is 1. The lowest BCUT2D eigenvalue weighted by molar-refractivity contribution is 0.340. The third-order valence-electron chi connectivity index (χ3n) is 3.11. The van der Waals surface area contributed by atoms with Crippen LogP contribution in [-0.2, 0) is 10.0 Å². The summed E-state index contributed by atoms with van der Waals surface area (Å²) in [6, 6.07) is 9.59. The van der Waals surface area contributed by atoms with E-state index in [1.54, 1.807) is 12.1 Å². The summed E-state index contributed by atoms with van der Waals surface area (Å²) >= 11 is 6.06. The molecule has 0 spiro atoms. The van der Waals surface area contributed by atoms with Crippen LogP contribution in [0, 0.1) is 6.92 Å². The quantitative estimate of drug-likeness (QED) is 0.854. The highest BCUT2D eigenvalue weighted by Gasteiger charge is 2.18. The molecular formula is C16H18ClNO4S. The number of aryl methyl sites for hydroxylation is 1. The Bertz CT molecular complexity index is 806. The zero-order valence-corrected chi connectivity index (χ0v) is 14.7. The lowest BCUT2D eigenvalue weighted by Gasteiger charge is -2.13. The summed E-state index contributed by atoms with van der Waals surface area (Å²) in [7, 11) is -2.30. The monoisotopic (exact) mass is 355 g/mol. The van der Waals surface area contributed by atoms with E-state index < -0.39 is 10.0 Å². The third kappa shape index (κ3) is 4.09. The fourth-order valence-electron chi connectivity index (χ4n) is 2.03. The van der Waals surface area contributed by atoms with E-state index in [0.717, 1.165) is 5.56 Å². The second kappa shape index (κ2) is 7.10. The third-order valence-corrected chi connectivity index (χ3v) is 4.77. The molecule has 2 aromatic carbocycles. The molecular weight excluding hydrogens is 338 g/mol. The van der Waals surface area contributed by atoms with Crippen LogP contribution in [0.3, 0.4) is 0 Å². The number of benzene rings is 2. The van der Waals surface area contributed by atoms with E-state index >= 15 is 0 Å². The maximum absolute atomic E-state index is 12.5. The highest BCUT2D eigenvalue weighted by Crippen LogP contribution is 2.31. The minimum atomic E-state index is -3.79. The van der Waals surface area contributed by atoms with Crippen LogP contribution in [0.5, 0.6) is 11.5 Å². The lowest BCUT2D eigenvalue weighted by Crippen LogP contribution is -2.14. The molecule has 0 aliphatic carbocycles. The first-order chi connectivity index (χ1) is 10.9. The van der Waals surface area contributed by atoms with Gasteiger partial charge in [-0.2, -0.15) is 0 Å². The van der Waals surface area contributed by atoms with Crippen molar-refractivity contribution in [2.24, 2.45) is 0 Å². The molecule has 0 saturated carbocycles. The molecule has 124 valence electrons. The van der Waals surface area contributed by atoms with Crippen LogP contribution in [0.4, 0.5) is 5.69 Å². The summed E-state index contributed by atoms with van der Waals surface area (Å²) in [5.41, 5.74) is 1.28. The fourth-order valence-corrected chi connectivity index (χ4v) is 3.41. The molecule has 2 aromatic rings. The minimum absolute atomic E-state index is 0.0505. The molecule has 0 saturated heterocycles. The molecule has 23 heavy (non-hydrogen) atoms. The van der Waals surface area contributed by atoms with Crippen molar-refractivity contribution >= 4 is 27.3 Å². The second-order valence-electron chi connectivity index (χ2n) is 4.83. The average Bonchev–Trinajstić information content (AvgIpc) is 2.49. The Hall–Kier alpha value is -1.92. The van der Waals surface area contributed by atoms with E-state index in [2.05, 4.69) is 4.72 Å². The Morgan fingerprint density at radius 3 is 2.43 bits per heavy atom. The predicted molar refractivity (Wildman–Crippen MR) is 91.2 cm³/mol. The Kier molecular flexibility index (Phi) is 5.38. The van der Waals surface area contributed by atoms with Gasteiger partial charge in [0.15, 0.2) is 0 Å². The van der Waals surface area contributed by atoms with Crippen LogP contribution in [0.15, 0.2) is 41.3 Å². The van der Waals surface area contributed by atoms with Crippen molar-refractivity contribution in [1.29, 1.82) is 0 Å². The molecule has 2 rings (SSSR count). The van der Waals surface area contributed by atoms with Crippen LogP contribution in [0.2, 0.25) is 5.02 Å². The van der Waals surface area contributed by atoms with Gasteiger partial charge in [-0.3, -0.25) is 4.72 Å². The first-order valence-electron chi connectivity index (χ1n) is 6.97. The summed E-state index contributed by atoms with van der Waals surface area (Å²) in [4.78, 5) is 0.0505. The normalized spacial score (nSPS) is 11.1. The van der Waals surface area contributed by atoms with Gasteiger partial charge in [0.1, 0.15) is 11.5 Å². The van der Waals surface area contributed by atoms with E-state index in [1.807, 2.05) is 19.9 Å². The number of rotatable bonds is 6. The van der Waals surface area contributed by atoms with E-state index in [9.17, 15) is 8.42 Å². The van der Waals surface area contributed by atoms with Gasteiger partial charge in [-0.25, -0.2) is 8.42 Å². The van der Waals surface area contributed by atoms with E-state index in [4.69, 9.17) is 21.1 Å². The van der Waals surface area contributed by atoms with Crippen molar-refractivity contribution in [3.05, 3.63) is 47.0 Å². The van der Waals surface area contributed by atoms with Gasteiger partial charge in [0.05, 0.1) is 29.3 Å². The van der Waals surface area contributed by atoms with Crippen molar-refractivity contribution in [3.63, 3.8) is 0 Å². The van der Waals surface area contributed by atoms with Crippen LogP contribution < -0.4 is 14.2 Å². The van der Waals surface area contributed by atoms with Gasteiger partial charge in [0.2, 0.25) is 0 Å².